The van der Waals surface area contributed by atoms with Crippen LogP contribution in [0.1, 0.15) is 28.8 Å². The van der Waals surface area contributed by atoms with Crippen molar-refractivity contribution in [2.45, 2.75) is 24.5 Å². The summed E-state index contributed by atoms with van der Waals surface area (Å²) in [5, 5.41) is 3.81. The Morgan fingerprint density at radius 1 is 1.05 bits per heavy atom. The molecule has 2 aliphatic heterocycles. The van der Waals surface area contributed by atoms with Crippen molar-refractivity contribution in [1.82, 2.24) is 24.3 Å². The van der Waals surface area contributed by atoms with Crippen LogP contribution >= 0.6 is 11.8 Å². The van der Waals surface area contributed by atoms with Crippen molar-refractivity contribution in [3.8, 4) is 5.75 Å². The lowest BCUT2D eigenvalue weighted by Crippen LogP contribution is -2.40. The van der Waals surface area contributed by atoms with Gasteiger partial charge in [-0.3, -0.25) is 9.69 Å². The lowest BCUT2D eigenvalue weighted by Gasteiger charge is -2.30. The molecule has 0 radical (unpaired) electrons. The van der Waals surface area contributed by atoms with E-state index in [-0.39, 0.29) is 12.0 Å². The van der Waals surface area contributed by atoms with E-state index in [0.717, 1.165) is 62.2 Å². The van der Waals surface area contributed by atoms with Crippen molar-refractivity contribution >= 4 is 29.6 Å². The third kappa shape index (κ3) is 7.59. The Labute approximate surface area is 232 Å². The molecule has 0 spiro atoms. The van der Waals surface area contributed by atoms with Gasteiger partial charge in [0.1, 0.15) is 5.82 Å². The Bertz CT molecular complexity index is 1240. The maximum Gasteiger partial charge on any atom is 0.415 e. The number of thioether (sulfide) groups is 1. The number of carbonyl (C=O) groups excluding carboxylic acids is 2. The summed E-state index contributed by atoms with van der Waals surface area (Å²) in [6.07, 6.45) is 6.70. The molecule has 10 nitrogen and oxygen atoms in total. The summed E-state index contributed by atoms with van der Waals surface area (Å²) in [6.45, 7) is 5.54. The number of rotatable bonds is 8. The van der Waals surface area contributed by atoms with Crippen LogP contribution in [-0.4, -0.2) is 81.5 Å². The Kier molecular flexibility index (Phi) is 9.12. The topological polar surface area (TPSA) is 102 Å². The monoisotopic (exact) mass is 550 g/mol. The van der Waals surface area contributed by atoms with Crippen molar-refractivity contribution in [2.24, 2.45) is 13.0 Å². The summed E-state index contributed by atoms with van der Waals surface area (Å²) >= 11 is 1.76. The summed E-state index contributed by atoms with van der Waals surface area (Å²) in [5.74, 6) is 2.03. The van der Waals surface area contributed by atoms with E-state index in [1.54, 1.807) is 28.8 Å². The number of piperidine rings is 1. The zero-order chi connectivity index (χ0) is 27.0. The number of imidazole rings is 1. The van der Waals surface area contributed by atoms with Crippen molar-refractivity contribution in [3.63, 3.8) is 0 Å². The van der Waals surface area contributed by atoms with Crippen LogP contribution in [0.5, 0.6) is 5.75 Å². The van der Waals surface area contributed by atoms with Gasteiger partial charge in [-0.15, -0.1) is 0 Å². The molecule has 0 atom stereocenters. The highest BCUT2D eigenvalue weighted by atomic mass is 32.2. The Morgan fingerprint density at radius 2 is 1.82 bits per heavy atom. The van der Waals surface area contributed by atoms with E-state index in [0.29, 0.717) is 36.1 Å². The van der Waals surface area contributed by atoms with Crippen molar-refractivity contribution < 1.29 is 19.1 Å². The van der Waals surface area contributed by atoms with E-state index in [9.17, 15) is 9.59 Å². The van der Waals surface area contributed by atoms with Gasteiger partial charge in [0, 0.05) is 63.5 Å². The molecule has 2 aliphatic rings. The Morgan fingerprint density at radius 3 is 2.49 bits per heavy atom. The van der Waals surface area contributed by atoms with Crippen LogP contribution in [-0.2, 0) is 18.3 Å². The quantitative estimate of drug-likeness (QED) is 0.422. The van der Waals surface area contributed by atoms with Gasteiger partial charge in [-0.05, 0) is 48.6 Å². The molecule has 39 heavy (non-hydrogen) atoms. The first kappa shape index (κ1) is 27.2. The number of aryl methyl sites for hydroxylation is 1. The molecule has 2 saturated heterocycles. The number of likely N-dealkylation sites (tertiary alicyclic amines) is 1. The van der Waals surface area contributed by atoms with Gasteiger partial charge in [0.25, 0.3) is 5.91 Å². The summed E-state index contributed by atoms with van der Waals surface area (Å²) < 4.78 is 12.9. The SMILES string of the molecule is Cn1ccnc1SCC1CCN(C(=O)Oc2ccc(NC(=O)c3ccc(CN4CCOCC4)cc3)nc2)CC1. The van der Waals surface area contributed by atoms with E-state index in [1.165, 1.54) is 6.20 Å². The van der Waals surface area contributed by atoms with E-state index in [2.05, 4.69) is 20.2 Å². The molecule has 2 fully saturated rings. The first-order chi connectivity index (χ1) is 19.0. The standard InChI is InChI=1S/C28H34N6O4S/c1-32-13-10-29-27(32)39-20-22-8-11-34(12-9-22)28(36)38-24-6-7-25(30-18-24)31-26(35)23-4-2-21(3-5-23)19-33-14-16-37-17-15-33/h2-7,10,13,18,22H,8-9,11-12,14-17,19-20H2,1H3,(H,30,31,35). The molecule has 3 aromatic rings. The van der Waals surface area contributed by atoms with Crippen LogP contribution in [0.2, 0.25) is 0 Å². The number of anilines is 1. The van der Waals surface area contributed by atoms with E-state index < -0.39 is 0 Å². The van der Waals surface area contributed by atoms with Gasteiger partial charge in [0.05, 0.1) is 19.4 Å². The fraction of sp³-hybridized carbons (Fsp3) is 0.429. The number of nitrogens with zero attached hydrogens (tertiary/aromatic N) is 5. The first-order valence-corrected chi connectivity index (χ1v) is 14.3. The molecule has 1 N–H and O–H groups in total. The molecule has 11 heteroatoms. The fourth-order valence-electron chi connectivity index (χ4n) is 4.61. The third-order valence-corrected chi connectivity index (χ3v) is 8.30. The summed E-state index contributed by atoms with van der Waals surface area (Å²) in [4.78, 5) is 38.0. The third-order valence-electron chi connectivity index (χ3n) is 7.01. The van der Waals surface area contributed by atoms with Crippen molar-refractivity contribution in [1.29, 1.82) is 0 Å². The second-order valence-corrected chi connectivity index (χ2v) is 10.8. The molecule has 2 amide bonds. The number of aromatic nitrogens is 3. The van der Waals surface area contributed by atoms with Crippen LogP contribution in [0.15, 0.2) is 60.1 Å². The smallest absolute Gasteiger partial charge is 0.409 e. The van der Waals surface area contributed by atoms with Gasteiger partial charge < -0.3 is 24.3 Å². The van der Waals surface area contributed by atoms with Gasteiger partial charge in [-0.1, -0.05) is 23.9 Å². The number of nitrogens with one attached hydrogen (secondary N) is 1. The van der Waals surface area contributed by atoms with Crippen LogP contribution in [0, 0.1) is 5.92 Å². The summed E-state index contributed by atoms with van der Waals surface area (Å²) in [5.41, 5.74) is 1.71. The Hall–Kier alpha value is -3.41. The highest BCUT2D eigenvalue weighted by Crippen LogP contribution is 2.26. The molecule has 4 heterocycles. The predicted octanol–water partition coefficient (Wildman–Crippen LogP) is 3.90. The molecule has 0 bridgehead atoms. The Balaban J connectivity index is 1.04. The van der Waals surface area contributed by atoms with E-state index in [1.807, 2.05) is 48.3 Å². The maximum absolute atomic E-state index is 12.7. The molecule has 1 aromatic carbocycles. The highest BCUT2D eigenvalue weighted by molar-refractivity contribution is 7.99. The van der Waals surface area contributed by atoms with Crippen LogP contribution in [0.3, 0.4) is 0 Å². The molecular formula is C28H34N6O4S. The van der Waals surface area contributed by atoms with Gasteiger partial charge in [-0.25, -0.2) is 14.8 Å². The van der Waals surface area contributed by atoms with Gasteiger partial charge in [0.15, 0.2) is 10.9 Å². The van der Waals surface area contributed by atoms with Crippen LogP contribution in [0.25, 0.3) is 0 Å². The minimum Gasteiger partial charge on any atom is -0.409 e. The first-order valence-electron chi connectivity index (χ1n) is 13.3. The molecular weight excluding hydrogens is 516 g/mol. The molecule has 2 aromatic heterocycles. The zero-order valence-corrected chi connectivity index (χ0v) is 22.9. The average Bonchev–Trinajstić information content (AvgIpc) is 3.38. The molecule has 0 aliphatic carbocycles. The predicted molar refractivity (Wildman–Crippen MR) is 149 cm³/mol. The highest BCUT2D eigenvalue weighted by Gasteiger charge is 2.24. The minimum atomic E-state index is -0.374. The van der Waals surface area contributed by atoms with Crippen molar-refractivity contribution in [3.05, 3.63) is 66.1 Å². The number of hydrogen-bond donors (Lipinski definition) is 1. The lowest BCUT2D eigenvalue weighted by atomic mass is 9.99. The zero-order valence-electron chi connectivity index (χ0n) is 22.1. The van der Waals surface area contributed by atoms with E-state index >= 15 is 0 Å². The second-order valence-electron chi connectivity index (χ2n) is 9.85. The van der Waals surface area contributed by atoms with Crippen molar-refractivity contribution in [2.75, 3.05) is 50.5 Å². The molecule has 5 rings (SSSR count). The largest absolute Gasteiger partial charge is 0.415 e. The number of pyridine rings is 1. The summed E-state index contributed by atoms with van der Waals surface area (Å²) in [7, 11) is 2.00. The normalized spacial score (nSPS) is 16.7. The fourth-order valence-corrected chi connectivity index (χ4v) is 5.73. The second kappa shape index (κ2) is 13.1. The lowest BCUT2D eigenvalue weighted by molar-refractivity contribution is 0.0342. The van der Waals surface area contributed by atoms with Gasteiger partial charge in [-0.2, -0.15) is 0 Å². The number of amides is 2. The maximum atomic E-state index is 12.7. The average molecular weight is 551 g/mol. The number of hydrogen-bond acceptors (Lipinski definition) is 8. The molecule has 0 unspecified atom stereocenters. The van der Waals surface area contributed by atoms with Crippen LogP contribution in [0.4, 0.5) is 10.6 Å². The molecule has 206 valence electrons. The molecule has 0 saturated carbocycles. The van der Waals surface area contributed by atoms with Gasteiger partial charge in [0.2, 0.25) is 0 Å². The number of carbonyl (C=O) groups is 2. The van der Waals surface area contributed by atoms with Crippen LogP contribution < -0.4 is 10.1 Å². The van der Waals surface area contributed by atoms with E-state index in [4.69, 9.17) is 9.47 Å². The minimum absolute atomic E-state index is 0.242. The number of benzene rings is 1. The number of ether oxygens (including phenoxy) is 2. The summed E-state index contributed by atoms with van der Waals surface area (Å²) in [6, 6.07) is 10.9. The van der Waals surface area contributed by atoms with Gasteiger partial charge >= 0.3 is 6.09 Å². The number of morpholine rings is 1.